The molecule has 0 bridgehead atoms. The van der Waals surface area contributed by atoms with Crippen LogP contribution in [0.2, 0.25) is 0 Å². The summed E-state index contributed by atoms with van der Waals surface area (Å²) in [6, 6.07) is 21.2. The number of benzene rings is 4. The number of hydrogen-bond donors (Lipinski definition) is 4. The molecule has 0 spiro atoms. The van der Waals surface area contributed by atoms with Gasteiger partial charge in [0.1, 0.15) is 45.3 Å². The Morgan fingerprint density at radius 3 is 1.59 bits per heavy atom. The Bertz CT molecular complexity index is 4180. The van der Waals surface area contributed by atoms with E-state index >= 15 is 0 Å². The van der Waals surface area contributed by atoms with E-state index in [9.17, 15) is 9.59 Å². The van der Waals surface area contributed by atoms with Gasteiger partial charge in [-0.05, 0) is 177 Å². The normalized spacial score (nSPS) is 20.9. The fourth-order valence-electron chi connectivity index (χ4n) is 13.5. The third kappa shape index (κ3) is 10.4. The van der Waals surface area contributed by atoms with E-state index in [0.717, 1.165) is 153 Å². The molecule has 87 heavy (non-hydrogen) atoms. The maximum atomic E-state index is 12.9. The number of halogens is 1. The minimum atomic E-state index is -0.562. The van der Waals surface area contributed by atoms with Crippen molar-refractivity contribution in [2.45, 2.75) is 141 Å². The first-order chi connectivity index (χ1) is 41.6. The molecule has 16 rings (SSSR count). The number of likely N-dealkylation sites (tertiary alicyclic amines) is 2. The number of nitrogens with one attached hydrogen (secondary N) is 4. The summed E-state index contributed by atoms with van der Waals surface area (Å²) in [4.78, 5) is 55.3. The number of hydrogen-bond acceptors (Lipinski definition) is 14. The Labute approximate surface area is 509 Å². The second-order valence-corrected chi connectivity index (χ2v) is 25.7. The molecule has 8 aliphatic heterocycles. The number of fused-ring (bicyclic) bond motifs is 4. The third-order valence-corrected chi connectivity index (χ3v) is 17.5. The van der Waals surface area contributed by atoms with Gasteiger partial charge in [0.25, 0.3) is 0 Å². The summed E-state index contributed by atoms with van der Waals surface area (Å²) in [7, 11) is 0. The van der Waals surface area contributed by atoms with Gasteiger partial charge in [-0.2, -0.15) is 10.2 Å². The number of imidazole rings is 2. The Morgan fingerprint density at radius 1 is 0.552 bits per heavy atom. The lowest BCUT2D eigenvalue weighted by molar-refractivity contribution is 0.0216. The SMILES string of the molecule is C1=C(c2ccc3c(c2)Oc2ccc(-c4cnc([C@@H]5CCCN5)[nH]4)c4cnn-3c24)CC([C@@H]2CCCN2)=N1.CC(C)(C)OC(=O)N1CCC[C@H]1C1=NC=C(c2ccc3c(c2)Oc2ccc(-c4cnc([C@@H]5CCCN5C(=O)OC(C)(C)C)[nH]4)c4cnn-3c24)C1.Cl. The number of aromatic amines is 2. The monoisotopic (exact) mass is 1190 g/mol. The van der Waals surface area contributed by atoms with Crippen LogP contribution in [0.1, 0.15) is 141 Å². The van der Waals surface area contributed by atoms with Crippen molar-refractivity contribution in [1.82, 2.24) is 59.9 Å². The van der Waals surface area contributed by atoms with Gasteiger partial charge in [0.05, 0.1) is 54.3 Å². The number of ether oxygens (including phenoxy) is 4. The number of allylic oxidation sites excluding steroid dienone is 2. The lowest BCUT2D eigenvalue weighted by Crippen LogP contribution is -2.43. The first-order valence-corrected chi connectivity index (χ1v) is 30.4. The van der Waals surface area contributed by atoms with Crippen LogP contribution in [0.4, 0.5) is 9.59 Å². The molecule has 20 nitrogen and oxygen atoms in total. The summed E-state index contributed by atoms with van der Waals surface area (Å²) < 4.78 is 28.2. The molecule has 4 fully saturated rings. The number of H-pyrrole nitrogens is 2. The molecule has 4 N–H and O–H groups in total. The molecule has 0 unspecified atom stereocenters. The Morgan fingerprint density at radius 2 is 1.05 bits per heavy atom. The van der Waals surface area contributed by atoms with Gasteiger partial charge < -0.3 is 39.5 Å². The smallest absolute Gasteiger partial charge is 0.410 e. The zero-order valence-corrected chi connectivity index (χ0v) is 50.6. The van der Waals surface area contributed by atoms with Crippen molar-refractivity contribution < 1.29 is 28.5 Å². The maximum Gasteiger partial charge on any atom is 0.410 e. The van der Waals surface area contributed by atoms with Gasteiger partial charge in [-0.25, -0.2) is 28.9 Å². The van der Waals surface area contributed by atoms with Crippen molar-refractivity contribution in [2.75, 3.05) is 26.2 Å². The van der Waals surface area contributed by atoms with Crippen molar-refractivity contribution in [2.24, 2.45) is 9.98 Å². The minimum absolute atomic E-state index is 0. The fourth-order valence-corrected chi connectivity index (χ4v) is 13.5. The number of rotatable bonds is 8. The molecule has 12 heterocycles. The average molecular weight is 1190 g/mol. The average Bonchev–Trinajstić information content (AvgIpc) is 1.70. The molecular weight excluding hydrogens is 1120 g/mol. The van der Waals surface area contributed by atoms with Crippen molar-refractivity contribution in [3.8, 4) is 56.9 Å². The lowest BCUT2D eigenvalue weighted by Gasteiger charge is -2.28. The summed E-state index contributed by atoms with van der Waals surface area (Å²) in [6.45, 7) is 14.8. The Kier molecular flexibility index (Phi) is 14.2. The predicted molar refractivity (Wildman–Crippen MR) is 337 cm³/mol. The van der Waals surface area contributed by atoms with E-state index in [2.05, 4.69) is 55.9 Å². The van der Waals surface area contributed by atoms with Gasteiger partial charge >= 0.3 is 12.2 Å². The van der Waals surface area contributed by atoms with Crippen LogP contribution in [-0.2, 0) is 9.47 Å². The highest BCUT2D eigenvalue weighted by molar-refractivity contribution is 6.05. The third-order valence-electron chi connectivity index (χ3n) is 17.5. The summed E-state index contributed by atoms with van der Waals surface area (Å²) in [5.74, 6) is 4.82. The molecule has 21 heteroatoms. The topological polar surface area (TPSA) is 219 Å². The van der Waals surface area contributed by atoms with Gasteiger partial charge in [0, 0.05) is 77.7 Å². The number of carbonyl (C=O) groups is 2. The van der Waals surface area contributed by atoms with Crippen molar-refractivity contribution in [3.63, 3.8) is 0 Å². The van der Waals surface area contributed by atoms with Crippen LogP contribution in [0, 0.1) is 0 Å². The predicted octanol–water partition coefficient (Wildman–Crippen LogP) is 13.5. The van der Waals surface area contributed by atoms with Crippen LogP contribution in [0.25, 0.3) is 66.8 Å². The summed E-state index contributed by atoms with van der Waals surface area (Å²) in [5.41, 5.74) is 13.2. The summed E-state index contributed by atoms with van der Waals surface area (Å²) in [6.07, 6.45) is 20.7. The molecule has 0 radical (unpaired) electrons. The van der Waals surface area contributed by atoms with Crippen LogP contribution in [0.15, 0.2) is 108 Å². The molecule has 0 saturated carbocycles. The molecule has 8 aromatic rings. The van der Waals surface area contributed by atoms with E-state index < -0.39 is 11.2 Å². The lowest BCUT2D eigenvalue weighted by atomic mass is 9.98. The van der Waals surface area contributed by atoms with Crippen molar-refractivity contribution >= 4 is 69.0 Å². The molecule has 448 valence electrons. The van der Waals surface area contributed by atoms with Gasteiger partial charge in [-0.3, -0.25) is 19.8 Å². The van der Waals surface area contributed by atoms with Crippen LogP contribution in [0.3, 0.4) is 0 Å². The first kappa shape index (κ1) is 56.2. The Balaban J connectivity index is 0.000000159. The Hall–Kier alpha value is -8.59. The van der Waals surface area contributed by atoms with Gasteiger partial charge in [-0.1, -0.05) is 12.1 Å². The molecule has 4 atom stereocenters. The van der Waals surface area contributed by atoms with Gasteiger partial charge in [0.2, 0.25) is 0 Å². The second kappa shape index (κ2) is 22.0. The fraction of sp³-hybridized carbons (Fsp3) is 0.394. The van der Waals surface area contributed by atoms with E-state index in [-0.39, 0.29) is 36.7 Å². The number of amides is 2. The molecule has 4 saturated heterocycles. The highest BCUT2D eigenvalue weighted by Gasteiger charge is 2.38. The van der Waals surface area contributed by atoms with E-state index in [1.807, 2.05) is 123 Å². The zero-order chi connectivity index (χ0) is 58.6. The number of aliphatic imine (C=N–C) groups is 2. The van der Waals surface area contributed by atoms with Crippen LogP contribution in [-0.4, -0.2) is 122 Å². The number of aromatic nitrogens is 8. The van der Waals surface area contributed by atoms with Crippen molar-refractivity contribution in [3.05, 3.63) is 121 Å². The first-order valence-electron chi connectivity index (χ1n) is 30.4. The highest BCUT2D eigenvalue weighted by atomic mass is 35.5. The quantitative estimate of drug-likeness (QED) is 0.112. The number of carbonyl (C=O) groups excluding carboxylic acids is 2. The van der Waals surface area contributed by atoms with Gasteiger partial charge in [-0.15, -0.1) is 12.4 Å². The van der Waals surface area contributed by atoms with Gasteiger partial charge in [0.15, 0.2) is 23.0 Å². The largest absolute Gasteiger partial charge is 0.453 e. The summed E-state index contributed by atoms with van der Waals surface area (Å²) >= 11 is 0. The molecule has 4 aromatic heterocycles. The van der Waals surface area contributed by atoms with Crippen molar-refractivity contribution in [1.29, 1.82) is 0 Å². The molecule has 0 aliphatic carbocycles. The molecular formula is C66H71ClN14O6. The van der Waals surface area contributed by atoms with Crippen LogP contribution >= 0.6 is 12.4 Å². The molecule has 4 aromatic carbocycles. The van der Waals surface area contributed by atoms with E-state index in [0.29, 0.717) is 43.1 Å². The van der Waals surface area contributed by atoms with Crippen LogP contribution in [0.5, 0.6) is 23.0 Å². The summed E-state index contributed by atoms with van der Waals surface area (Å²) in [5, 5.41) is 18.6. The van der Waals surface area contributed by atoms with E-state index in [1.165, 1.54) is 30.5 Å². The highest BCUT2D eigenvalue weighted by Crippen LogP contribution is 2.47. The molecule has 8 aliphatic rings. The zero-order valence-electron chi connectivity index (χ0n) is 49.8. The van der Waals surface area contributed by atoms with Crippen LogP contribution < -0.4 is 20.1 Å². The standard InChI is InChI=1S/C38H43N7O5.C28H27N7O.ClH/c1-37(2,3)49-35(46)43-15-7-9-28(43)26-17-23(19-39-26)22-11-13-29-32(18-22)48-31-14-12-24(25-20-41-45(29)33(25)31)27-21-40-34(42-27)30-10-8-16-44(30)36(47)50-38(4,5)6;1-3-20(29-9-1)22-11-17(13-31-22)16-5-7-24-26(12-16)36-25-8-6-18(19-14-33-35(24)27(19)25)23-15-32-28(34-23)21-4-2-10-30-21;/h11-14,18-21,28,30H,7-10,15-17H2,1-6H3,(H,40,42);5-8,12-15,20-21,29-30H,1-4,9-11H2,(H,32,34);1H/t28-,30-;20-,21-;/m00./s1. The maximum absolute atomic E-state index is 12.9. The number of nitrogens with zero attached hydrogens (tertiary/aromatic N) is 10. The minimum Gasteiger partial charge on any atom is -0.453 e. The second-order valence-electron chi connectivity index (χ2n) is 25.7. The van der Waals surface area contributed by atoms with E-state index in [1.54, 1.807) is 4.90 Å². The van der Waals surface area contributed by atoms with E-state index in [4.69, 9.17) is 44.1 Å². The molecule has 2 amide bonds.